The molecule has 0 N–H and O–H groups in total. The first-order valence-electron chi connectivity index (χ1n) is 10.2. The number of hydrogen-bond donors (Lipinski definition) is 0. The number of allylic oxidation sites excluding steroid dienone is 1. The van der Waals surface area contributed by atoms with Crippen molar-refractivity contribution in [2.75, 3.05) is 0 Å². The number of carbonyl (C=O) groups excluding carboxylic acids is 1. The summed E-state index contributed by atoms with van der Waals surface area (Å²) in [7, 11) is 0. The molecule has 0 heterocycles. The van der Waals surface area contributed by atoms with E-state index in [1.807, 2.05) is 0 Å². The third-order valence-electron chi connectivity index (χ3n) is 5.01. The van der Waals surface area contributed by atoms with E-state index < -0.39 is 71.0 Å². The van der Waals surface area contributed by atoms with E-state index in [2.05, 4.69) is 4.74 Å². The number of ether oxygens (including phenoxy) is 2. The van der Waals surface area contributed by atoms with Gasteiger partial charge < -0.3 is 9.47 Å². The van der Waals surface area contributed by atoms with Crippen LogP contribution < -0.4 is 9.47 Å². The number of carbonyl (C=O) groups is 1. The molecule has 0 saturated carbocycles. The van der Waals surface area contributed by atoms with Crippen LogP contribution >= 0.6 is 0 Å². The largest absolute Gasteiger partial charge is 0.460 e. The van der Waals surface area contributed by atoms with Crippen molar-refractivity contribution in [3.63, 3.8) is 0 Å². The average Bonchev–Trinajstić information content (AvgIpc) is 2.87. The van der Waals surface area contributed by atoms with Crippen LogP contribution in [0.1, 0.15) is 10.4 Å². The number of rotatable bonds is 10. The fourth-order valence-electron chi connectivity index (χ4n) is 2.72. The highest BCUT2D eigenvalue weighted by molar-refractivity contribution is 5.91. The summed E-state index contributed by atoms with van der Waals surface area (Å²) in [6, 6.07) is 5.59. The molecule has 0 aromatic heterocycles. The molecule has 0 aliphatic heterocycles. The minimum atomic E-state index is -8.68. The first-order valence-corrected chi connectivity index (χ1v) is 10.2. The van der Waals surface area contributed by atoms with Crippen molar-refractivity contribution in [2.45, 2.75) is 41.7 Å². The SMILES string of the molecule is O=C(Oc1cccc(OC(F)=C(F)C(F)(F)C(F)(F)C(F)(F)C(F)(F)C(F)(F)C(F)(F)C(F)(F)F)c1)c1ccccc1. The topological polar surface area (TPSA) is 35.5 Å². The summed E-state index contributed by atoms with van der Waals surface area (Å²) in [5.41, 5.74) is -0.0980. The molecule has 0 unspecified atom stereocenters. The summed E-state index contributed by atoms with van der Waals surface area (Å²) in [6.07, 6.45) is -7.82. The molecule has 2 rings (SSSR count). The zero-order valence-corrected chi connectivity index (χ0v) is 19.3. The third-order valence-corrected chi connectivity index (χ3v) is 5.01. The van der Waals surface area contributed by atoms with Gasteiger partial charge in [-0.2, -0.15) is 74.6 Å². The Morgan fingerprint density at radius 2 is 0.952 bits per heavy atom. The lowest BCUT2D eigenvalue weighted by Crippen LogP contribution is -2.72. The Hall–Kier alpha value is -3.74. The Kier molecular flexibility index (Phi) is 8.89. The lowest BCUT2D eigenvalue weighted by atomic mass is 9.91. The molecule has 3 nitrogen and oxygen atoms in total. The van der Waals surface area contributed by atoms with Gasteiger partial charge in [0.2, 0.25) is 5.83 Å². The second-order valence-corrected chi connectivity index (χ2v) is 7.86. The first kappa shape index (κ1) is 34.5. The van der Waals surface area contributed by atoms with Crippen LogP contribution in [0, 0.1) is 0 Å². The summed E-state index contributed by atoms with van der Waals surface area (Å²) in [5.74, 6) is -57.6. The van der Waals surface area contributed by atoms with Gasteiger partial charge in [0.05, 0.1) is 5.56 Å². The van der Waals surface area contributed by atoms with Crippen molar-refractivity contribution >= 4 is 5.97 Å². The van der Waals surface area contributed by atoms with Gasteiger partial charge >= 0.3 is 53.7 Å². The van der Waals surface area contributed by atoms with E-state index in [1.54, 1.807) is 0 Å². The monoisotopic (exact) mass is 644 g/mol. The molecule has 42 heavy (non-hydrogen) atoms. The van der Waals surface area contributed by atoms with Crippen molar-refractivity contribution in [2.24, 2.45) is 0 Å². The predicted octanol–water partition coefficient (Wildman–Crippen LogP) is 8.77. The van der Waals surface area contributed by atoms with Crippen molar-refractivity contribution < 1.29 is 88.9 Å². The van der Waals surface area contributed by atoms with E-state index in [1.165, 1.54) is 30.3 Å². The van der Waals surface area contributed by atoms with Crippen LogP contribution in [0.25, 0.3) is 0 Å². The van der Waals surface area contributed by atoms with Gasteiger partial charge in [-0.25, -0.2) is 4.79 Å². The molecule has 0 atom stereocenters. The minimum Gasteiger partial charge on any atom is -0.430 e. The number of halogens is 17. The summed E-state index contributed by atoms with van der Waals surface area (Å²) >= 11 is 0. The molecule has 20 heteroatoms. The molecule has 0 saturated heterocycles. The molecule has 2 aromatic rings. The van der Waals surface area contributed by atoms with Gasteiger partial charge in [0, 0.05) is 6.07 Å². The van der Waals surface area contributed by atoms with Crippen molar-refractivity contribution in [1.82, 2.24) is 0 Å². The van der Waals surface area contributed by atoms with Gasteiger partial charge in [-0.05, 0) is 24.3 Å². The summed E-state index contributed by atoms with van der Waals surface area (Å²) in [5, 5.41) is 0. The van der Waals surface area contributed by atoms with E-state index in [0.29, 0.717) is 12.1 Å². The van der Waals surface area contributed by atoms with Crippen LogP contribution in [0.4, 0.5) is 74.6 Å². The molecular weight excluding hydrogens is 635 g/mol. The molecule has 2 aromatic carbocycles. The highest BCUT2D eigenvalue weighted by Crippen LogP contribution is 2.63. The molecule has 0 radical (unpaired) electrons. The molecular formula is C22H9F17O3. The average molecular weight is 644 g/mol. The number of alkyl halides is 15. The molecule has 0 aliphatic carbocycles. The second-order valence-electron chi connectivity index (χ2n) is 7.86. The van der Waals surface area contributed by atoms with E-state index in [0.717, 1.165) is 12.1 Å². The Bertz CT molecular complexity index is 1320. The van der Waals surface area contributed by atoms with Crippen LogP contribution in [0.3, 0.4) is 0 Å². The van der Waals surface area contributed by atoms with E-state index in [-0.39, 0.29) is 5.56 Å². The van der Waals surface area contributed by atoms with Crippen LogP contribution in [-0.4, -0.2) is 47.7 Å². The zero-order valence-electron chi connectivity index (χ0n) is 19.3. The molecule has 0 fully saturated rings. The lowest BCUT2D eigenvalue weighted by molar-refractivity contribution is -0.451. The van der Waals surface area contributed by atoms with Crippen LogP contribution in [0.5, 0.6) is 11.5 Å². The summed E-state index contributed by atoms with van der Waals surface area (Å²) in [4.78, 5) is 12.0. The van der Waals surface area contributed by atoms with E-state index in [4.69, 9.17) is 4.74 Å². The standard InChI is InChI=1S/C22H9F17O3/c23-13(14(24)41-11-7-4-8-12(9-11)42-15(40)10-5-2-1-3-6-10)16(25,26)17(27,28)18(29,30)19(31,32)20(33,34)21(35,36)22(37,38)39/h1-9H. The van der Waals surface area contributed by atoms with Crippen molar-refractivity contribution in [3.05, 3.63) is 72.0 Å². The van der Waals surface area contributed by atoms with Crippen LogP contribution in [0.15, 0.2) is 66.4 Å². The highest BCUT2D eigenvalue weighted by atomic mass is 19.4. The Labute approximate surface area is 221 Å². The van der Waals surface area contributed by atoms with Gasteiger partial charge in [-0.15, -0.1) is 0 Å². The number of esters is 1. The molecule has 0 bridgehead atoms. The smallest absolute Gasteiger partial charge is 0.430 e. The van der Waals surface area contributed by atoms with Crippen molar-refractivity contribution in [1.29, 1.82) is 0 Å². The maximum Gasteiger partial charge on any atom is 0.460 e. The Morgan fingerprint density at radius 1 is 0.524 bits per heavy atom. The summed E-state index contributed by atoms with van der Waals surface area (Å²) in [6.45, 7) is 0. The van der Waals surface area contributed by atoms with E-state index >= 15 is 0 Å². The maximum absolute atomic E-state index is 13.9. The molecule has 0 amide bonds. The fourth-order valence-corrected chi connectivity index (χ4v) is 2.72. The maximum atomic E-state index is 13.9. The lowest BCUT2D eigenvalue weighted by Gasteiger charge is -2.41. The van der Waals surface area contributed by atoms with Gasteiger partial charge in [0.15, 0.2) is 0 Å². The number of benzene rings is 2. The Morgan fingerprint density at radius 3 is 1.43 bits per heavy atom. The first-order chi connectivity index (χ1) is 18.8. The normalized spacial score (nSPS) is 14.8. The van der Waals surface area contributed by atoms with Gasteiger partial charge in [0.25, 0.3) is 0 Å². The van der Waals surface area contributed by atoms with Gasteiger partial charge in [0.1, 0.15) is 11.5 Å². The van der Waals surface area contributed by atoms with Crippen LogP contribution in [0.2, 0.25) is 0 Å². The zero-order chi connectivity index (χ0) is 32.7. The third kappa shape index (κ3) is 5.53. The molecule has 0 aliphatic rings. The quantitative estimate of drug-likeness (QED) is 0.112. The Balaban J connectivity index is 2.44. The van der Waals surface area contributed by atoms with Gasteiger partial charge in [-0.1, -0.05) is 24.3 Å². The van der Waals surface area contributed by atoms with Crippen molar-refractivity contribution in [3.8, 4) is 11.5 Å². The minimum absolute atomic E-state index is 0.0980. The fraction of sp³-hybridized carbons (Fsp3) is 0.318. The second kappa shape index (κ2) is 10.8. The summed E-state index contributed by atoms with van der Waals surface area (Å²) < 4.78 is 235. The highest BCUT2D eigenvalue weighted by Gasteiger charge is 2.93. The van der Waals surface area contributed by atoms with E-state index in [9.17, 15) is 79.4 Å². The number of hydrogen-bond acceptors (Lipinski definition) is 3. The van der Waals surface area contributed by atoms with Gasteiger partial charge in [-0.3, -0.25) is 0 Å². The molecule has 234 valence electrons. The van der Waals surface area contributed by atoms with Crippen LogP contribution in [-0.2, 0) is 0 Å². The predicted molar refractivity (Wildman–Crippen MR) is 103 cm³/mol. The molecule has 0 spiro atoms.